The van der Waals surface area contributed by atoms with Crippen molar-refractivity contribution in [1.82, 2.24) is 0 Å². The molecule has 8 aliphatic rings. The predicted octanol–water partition coefficient (Wildman–Crippen LogP) is 7.24. The first-order valence-electron chi connectivity index (χ1n) is 16.1. The number of esters is 2. The van der Waals surface area contributed by atoms with Crippen LogP contribution in [0.2, 0.25) is 0 Å². The van der Waals surface area contributed by atoms with Crippen molar-refractivity contribution in [3.05, 3.63) is 29.3 Å². The van der Waals surface area contributed by atoms with Crippen LogP contribution < -0.4 is 0 Å². The zero-order chi connectivity index (χ0) is 29.9. The second-order valence-corrected chi connectivity index (χ2v) is 17.8. The highest BCUT2D eigenvalue weighted by atomic mass is 32.2. The fraction of sp³-hybridized carbons (Fsp3) is 0.765. The van der Waals surface area contributed by atoms with Crippen LogP contribution in [0.4, 0.5) is 0 Å². The Balaban J connectivity index is 1.15. The lowest BCUT2D eigenvalue weighted by molar-refractivity contribution is -0.165. The maximum Gasteiger partial charge on any atom is 0.338 e. The fourth-order valence-electron chi connectivity index (χ4n) is 11.5. The van der Waals surface area contributed by atoms with Gasteiger partial charge in [0.05, 0.1) is 16.0 Å². The molecule has 0 aliphatic heterocycles. The minimum absolute atomic E-state index is 0.0671. The predicted molar refractivity (Wildman–Crippen MR) is 156 cm³/mol. The summed E-state index contributed by atoms with van der Waals surface area (Å²) in [7, 11) is -4.69. The quantitative estimate of drug-likeness (QED) is 0.260. The molecule has 0 saturated heterocycles. The van der Waals surface area contributed by atoms with Gasteiger partial charge in [0.2, 0.25) is 0 Å². The Morgan fingerprint density at radius 3 is 1.19 bits per heavy atom. The van der Waals surface area contributed by atoms with Crippen LogP contribution in [0.1, 0.15) is 125 Å². The average molecular weight is 599 g/mol. The number of hydrogen-bond donors (Lipinski definition) is 1. The van der Waals surface area contributed by atoms with Gasteiger partial charge in [-0.2, -0.15) is 8.42 Å². The highest BCUT2D eigenvalue weighted by Gasteiger charge is 2.60. The summed E-state index contributed by atoms with van der Waals surface area (Å²) in [4.78, 5) is 26.8. The summed E-state index contributed by atoms with van der Waals surface area (Å²) in [6.45, 7) is 7.92. The molecule has 0 spiro atoms. The van der Waals surface area contributed by atoms with Crippen LogP contribution in [-0.4, -0.2) is 36.1 Å². The van der Waals surface area contributed by atoms with Crippen molar-refractivity contribution < 1.29 is 32.0 Å². The van der Waals surface area contributed by atoms with E-state index in [4.69, 9.17) is 9.47 Å². The summed E-state index contributed by atoms with van der Waals surface area (Å²) in [6, 6.07) is 3.58. The van der Waals surface area contributed by atoms with Gasteiger partial charge in [0.15, 0.2) is 0 Å². The first kappa shape index (κ1) is 28.8. The van der Waals surface area contributed by atoms with Gasteiger partial charge >= 0.3 is 11.9 Å². The van der Waals surface area contributed by atoms with E-state index in [9.17, 15) is 22.6 Å². The molecule has 8 fully saturated rings. The second kappa shape index (κ2) is 9.29. The van der Waals surface area contributed by atoms with Gasteiger partial charge in [-0.3, -0.25) is 4.55 Å². The smallest absolute Gasteiger partial charge is 0.338 e. The zero-order valence-electron chi connectivity index (χ0n) is 25.5. The Morgan fingerprint density at radius 2 is 0.929 bits per heavy atom. The maximum absolute atomic E-state index is 13.7. The molecular formula is C34H46O7S. The molecule has 7 nitrogen and oxygen atoms in total. The van der Waals surface area contributed by atoms with Crippen molar-refractivity contribution in [2.45, 2.75) is 121 Å². The van der Waals surface area contributed by atoms with Crippen LogP contribution in [0.3, 0.4) is 0 Å². The third-order valence-corrected chi connectivity index (χ3v) is 13.8. The van der Waals surface area contributed by atoms with Crippen LogP contribution in [-0.2, 0) is 19.6 Å². The van der Waals surface area contributed by atoms with Crippen molar-refractivity contribution in [2.24, 2.45) is 46.3 Å². The molecule has 0 unspecified atom stereocenters. The van der Waals surface area contributed by atoms with Gasteiger partial charge in [-0.1, -0.05) is 0 Å². The average Bonchev–Trinajstić information content (AvgIpc) is 2.85. The Morgan fingerprint density at radius 1 is 0.643 bits per heavy atom. The molecule has 8 bridgehead atoms. The number of ether oxygens (including phenoxy) is 2. The van der Waals surface area contributed by atoms with Crippen molar-refractivity contribution in [3.8, 4) is 0 Å². The summed E-state index contributed by atoms with van der Waals surface area (Å²) in [6.07, 6.45) is 13.9. The molecule has 0 heterocycles. The number of carbonyl (C=O) groups is 2. The van der Waals surface area contributed by atoms with Gasteiger partial charge in [-0.15, -0.1) is 0 Å². The van der Waals surface area contributed by atoms with Crippen LogP contribution in [0.5, 0.6) is 0 Å². The third kappa shape index (κ3) is 4.65. The second-order valence-electron chi connectivity index (χ2n) is 16.4. The SMILES string of the molecule is CC(C)(OC(=O)c1cc(C(=O)OC(C)(C)C23CC4CC(CC(C4)C2)C3)cc(S(=O)(=O)O)c1)C12CC3CC(CC(C3)C1)C2. The molecule has 1 N–H and O–H groups in total. The first-order valence-corrected chi connectivity index (χ1v) is 17.6. The largest absolute Gasteiger partial charge is 0.455 e. The summed E-state index contributed by atoms with van der Waals surface area (Å²) in [5.41, 5.74) is -1.83. The highest BCUT2D eigenvalue weighted by molar-refractivity contribution is 7.85. The van der Waals surface area contributed by atoms with Crippen LogP contribution in [0.25, 0.3) is 0 Å². The van der Waals surface area contributed by atoms with E-state index in [1.165, 1.54) is 44.6 Å². The van der Waals surface area contributed by atoms with E-state index < -0.39 is 38.2 Å². The monoisotopic (exact) mass is 598 g/mol. The van der Waals surface area contributed by atoms with Gasteiger partial charge in [-0.25, -0.2) is 9.59 Å². The van der Waals surface area contributed by atoms with Crippen molar-refractivity contribution in [3.63, 3.8) is 0 Å². The molecule has 9 rings (SSSR count). The van der Waals surface area contributed by atoms with E-state index in [0.29, 0.717) is 35.5 Å². The molecule has 42 heavy (non-hydrogen) atoms. The van der Waals surface area contributed by atoms with Gasteiger partial charge in [0.1, 0.15) is 11.2 Å². The van der Waals surface area contributed by atoms with E-state index in [1.807, 2.05) is 27.7 Å². The van der Waals surface area contributed by atoms with Crippen LogP contribution in [0.15, 0.2) is 23.1 Å². The third-order valence-electron chi connectivity index (χ3n) is 13.0. The molecule has 8 heteroatoms. The summed E-state index contributed by atoms with van der Waals surface area (Å²) in [5.74, 6) is 2.69. The van der Waals surface area contributed by atoms with Gasteiger partial charge in [-0.05, 0) is 158 Å². The van der Waals surface area contributed by atoms with E-state index in [0.717, 1.165) is 50.7 Å². The molecule has 8 aliphatic carbocycles. The lowest BCUT2D eigenvalue weighted by Crippen LogP contribution is -2.57. The zero-order valence-corrected chi connectivity index (χ0v) is 26.3. The number of rotatable bonds is 7. The molecule has 0 aromatic heterocycles. The molecule has 0 radical (unpaired) electrons. The van der Waals surface area contributed by atoms with Gasteiger partial charge in [0.25, 0.3) is 10.1 Å². The van der Waals surface area contributed by atoms with E-state index in [2.05, 4.69) is 0 Å². The minimum atomic E-state index is -4.69. The van der Waals surface area contributed by atoms with Gasteiger partial charge in [0, 0.05) is 10.8 Å². The molecule has 8 saturated carbocycles. The van der Waals surface area contributed by atoms with E-state index in [1.54, 1.807) is 0 Å². The van der Waals surface area contributed by atoms with E-state index >= 15 is 0 Å². The number of benzene rings is 1. The Kier molecular flexibility index (Phi) is 6.37. The summed E-state index contributed by atoms with van der Waals surface area (Å²) < 4.78 is 46.9. The molecule has 230 valence electrons. The topological polar surface area (TPSA) is 107 Å². The van der Waals surface area contributed by atoms with Crippen molar-refractivity contribution in [2.75, 3.05) is 0 Å². The molecular weight excluding hydrogens is 552 g/mol. The molecule has 1 aromatic carbocycles. The number of carbonyl (C=O) groups excluding carboxylic acids is 2. The standard InChI is InChI=1S/C34H46O7S/c1-31(2,33-14-20-5-21(15-33)7-22(6-20)16-33)40-29(35)26-11-27(13-28(12-26)42(37,38)39)30(36)41-32(3,4)34-17-23-8-24(18-34)10-25(9-23)19-34/h11-13,20-25H,5-10,14-19H2,1-4H3,(H,37,38,39). The van der Waals surface area contributed by atoms with Gasteiger partial charge < -0.3 is 9.47 Å². The highest BCUT2D eigenvalue weighted by Crippen LogP contribution is 2.65. The van der Waals surface area contributed by atoms with Crippen molar-refractivity contribution in [1.29, 1.82) is 0 Å². The minimum Gasteiger partial charge on any atom is -0.455 e. The lowest BCUT2D eigenvalue weighted by atomic mass is 9.46. The Labute approximate surface area is 250 Å². The summed E-state index contributed by atoms with van der Waals surface area (Å²) >= 11 is 0. The van der Waals surface area contributed by atoms with Crippen LogP contribution in [0, 0.1) is 46.3 Å². The maximum atomic E-state index is 13.7. The Bertz CT molecular complexity index is 1260. The fourth-order valence-corrected chi connectivity index (χ4v) is 12.0. The first-order chi connectivity index (χ1) is 19.6. The lowest BCUT2D eigenvalue weighted by Gasteiger charge is -2.61. The molecule has 0 atom stereocenters. The summed E-state index contributed by atoms with van der Waals surface area (Å²) in [5, 5.41) is 0. The Hall–Kier alpha value is -1.93. The van der Waals surface area contributed by atoms with E-state index in [-0.39, 0.29) is 22.0 Å². The molecule has 1 aromatic rings. The van der Waals surface area contributed by atoms with Crippen LogP contribution >= 0.6 is 0 Å². The molecule has 0 amide bonds. The number of hydrogen-bond acceptors (Lipinski definition) is 6. The van der Waals surface area contributed by atoms with Crippen molar-refractivity contribution >= 4 is 22.1 Å². The normalized spacial score (nSPS) is 38.5.